The number of hydrogen-bond donors (Lipinski definition) is 1. The maximum Gasteiger partial charge on any atom is 0.217 e. The van der Waals surface area contributed by atoms with Gasteiger partial charge in [0.1, 0.15) is 0 Å². The highest BCUT2D eigenvalue weighted by Crippen LogP contribution is 2.10. The van der Waals surface area contributed by atoms with Gasteiger partial charge in [0.15, 0.2) is 0 Å². The van der Waals surface area contributed by atoms with Gasteiger partial charge in [-0.05, 0) is 12.3 Å². The molecule has 60 valence electrons. The first-order chi connectivity index (χ1) is 4.66. The smallest absolute Gasteiger partial charge is 0.217 e. The van der Waals surface area contributed by atoms with E-state index in [2.05, 4.69) is 13.8 Å². The average Bonchev–Trinajstić information content (AvgIpc) is 1.87. The molecule has 0 spiro atoms. The van der Waals surface area contributed by atoms with Crippen LogP contribution in [0.4, 0.5) is 0 Å². The first-order valence-corrected chi connectivity index (χ1v) is 3.95. The fraction of sp³-hybridized carbons (Fsp3) is 0.875. The van der Waals surface area contributed by atoms with E-state index in [-0.39, 0.29) is 5.91 Å². The van der Waals surface area contributed by atoms with Crippen molar-refractivity contribution >= 4 is 5.91 Å². The molecule has 0 aromatic heterocycles. The number of nitrogens with two attached hydrogens (primary N) is 1. The molecule has 2 heteroatoms. The second-order valence-corrected chi connectivity index (χ2v) is 2.87. The van der Waals surface area contributed by atoms with E-state index < -0.39 is 0 Å². The summed E-state index contributed by atoms with van der Waals surface area (Å²) in [6.45, 7) is 4.36. The number of carbonyl (C=O) groups excluding carboxylic acids is 1. The highest BCUT2D eigenvalue weighted by atomic mass is 16.1. The van der Waals surface area contributed by atoms with Crippen molar-refractivity contribution in [3.8, 4) is 0 Å². The first-order valence-electron chi connectivity index (χ1n) is 3.95. The van der Waals surface area contributed by atoms with Crippen LogP contribution >= 0.6 is 0 Å². The van der Waals surface area contributed by atoms with Gasteiger partial charge in [0, 0.05) is 6.42 Å². The predicted octanol–water partition coefficient (Wildman–Crippen LogP) is 1.69. The number of hydrogen-bond acceptors (Lipinski definition) is 1. The molecule has 10 heavy (non-hydrogen) atoms. The van der Waals surface area contributed by atoms with Gasteiger partial charge in [-0.2, -0.15) is 0 Å². The molecule has 0 aliphatic heterocycles. The van der Waals surface area contributed by atoms with Gasteiger partial charge >= 0.3 is 0 Å². The summed E-state index contributed by atoms with van der Waals surface area (Å²) in [5.41, 5.74) is 4.98. The van der Waals surface area contributed by atoms with E-state index in [0.29, 0.717) is 6.42 Å². The molecule has 0 saturated carbocycles. The van der Waals surface area contributed by atoms with E-state index in [1.54, 1.807) is 0 Å². The molecule has 2 nitrogen and oxygen atoms in total. The number of amides is 1. The summed E-state index contributed by atoms with van der Waals surface area (Å²) in [5.74, 6) is 0.558. The van der Waals surface area contributed by atoms with Gasteiger partial charge in [0.2, 0.25) is 5.91 Å². The standard InChI is InChI=1S/C8H17NO/c1-3-7(2)5-4-6-8(9)10/h7H,3-6H2,1-2H3,(H2,9,10)/t7-/m0/s1. The van der Waals surface area contributed by atoms with Crippen molar-refractivity contribution in [3.63, 3.8) is 0 Å². The fourth-order valence-electron chi connectivity index (χ4n) is 0.829. The van der Waals surface area contributed by atoms with Crippen molar-refractivity contribution < 1.29 is 4.79 Å². The number of primary amides is 1. The summed E-state index contributed by atoms with van der Waals surface area (Å²) < 4.78 is 0. The van der Waals surface area contributed by atoms with Gasteiger partial charge in [-0.25, -0.2) is 0 Å². The van der Waals surface area contributed by atoms with Gasteiger partial charge in [-0.3, -0.25) is 4.79 Å². The van der Waals surface area contributed by atoms with Crippen LogP contribution in [-0.2, 0) is 4.79 Å². The molecule has 0 aliphatic rings. The topological polar surface area (TPSA) is 43.1 Å². The molecule has 2 N–H and O–H groups in total. The lowest BCUT2D eigenvalue weighted by Crippen LogP contribution is -2.10. The molecule has 0 radical (unpaired) electrons. The van der Waals surface area contributed by atoms with E-state index in [4.69, 9.17) is 5.73 Å². The molecule has 1 atom stereocenters. The Labute approximate surface area is 62.8 Å². The normalized spacial score (nSPS) is 13.0. The molecular weight excluding hydrogens is 126 g/mol. The lowest BCUT2D eigenvalue weighted by molar-refractivity contribution is -0.118. The Morgan fingerprint density at radius 3 is 2.60 bits per heavy atom. The third kappa shape index (κ3) is 5.60. The van der Waals surface area contributed by atoms with E-state index in [9.17, 15) is 4.79 Å². The molecule has 0 aliphatic carbocycles. The summed E-state index contributed by atoms with van der Waals surface area (Å²) in [6.07, 6.45) is 3.81. The van der Waals surface area contributed by atoms with Crippen LogP contribution in [0.2, 0.25) is 0 Å². The lowest BCUT2D eigenvalue weighted by Gasteiger charge is -2.05. The third-order valence-corrected chi connectivity index (χ3v) is 1.82. The van der Waals surface area contributed by atoms with Crippen LogP contribution < -0.4 is 5.73 Å². The van der Waals surface area contributed by atoms with E-state index in [0.717, 1.165) is 18.8 Å². The molecule has 0 unspecified atom stereocenters. The average molecular weight is 143 g/mol. The van der Waals surface area contributed by atoms with Crippen molar-refractivity contribution in [2.24, 2.45) is 11.7 Å². The Balaban J connectivity index is 3.11. The lowest BCUT2D eigenvalue weighted by atomic mass is 10.0. The molecule has 0 aromatic rings. The Kier molecular flexibility index (Phi) is 4.99. The fourth-order valence-corrected chi connectivity index (χ4v) is 0.829. The van der Waals surface area contributed by atoms with Gasteiger partial charge in [0.05, 0.1) is 0 Å². The molecule has 0 aromatic carbocycles. The zero-order valence-corrected chi connectivity index (χ0v) is 6.89. The zero-order chi connectivity index (χ0) is 7.98. The minimum Gasteiger partial charge on any atom is -0.370 e. The minimum atomic E-state index is -0.177. The summed E-state index contributed by atoms with van der Waals surface area (Å²) >= 11 is 0. The maximum atomic E-state index is 10.3. The first kappa shape index (κ1) is 9.47. The molecule has 0 bridgehead atoms. The van der Waals surface area contributed by atoms with Crippen molar-refractivity contribution in [1.29, 1.82) is 0 Å². The highest BCUT2D eigenvalue weighted by Gasteiger charge is 1.99. The molecule has 0 heterocycles. The number of rotatable bonds is 5. The van der Waals surface area contributed by atoms with Gasteiger partial charge < -0.3 is 5.73 Å². The Hall–Kier alpha value is -0.530. The summed E-state index contributed by atoms with van der Waals surface area (Å²) in [7, 11) is 0. The van der Waals surface area contributed by atoms with Crippen molar-refractivity contribution in [2.45, 2.75) is 39.5 Å². The summed E-state index contributed by atoms with van der Waals surface area (Å²) in [4.78, 5) is 10.3. The van der Waals surface area contributed by atoms with Crippen molar-refractivity contribution in [3.05, 3.63) is 0 Å². The van der Waals surface area contributed by atoms with Gasteiger partial charge in [-0.1, -0.05) is 26.7 Å². The van der Waals surface area contributed by atoms with Crippen LogP contribution in [0, 0.1) is 5.92 Å². The quantitative estimate of drug-likeness (QED) is 0.625. The van der Waals surface area contributed by atoms with Gasteiger partial charge in [-0.15, -0.1) is 0 Å². The minimum absolute atomic E-state index is 0.177. The molecule has 1 amide bonds. The second kappa shape index (κ2) is 5.27. The Morgan fingerprint density at radius 1 is 1.60 bits per heavy atom. The molecular formula is C8H17NO. The van der Waals surface area contributed by atoms with E-state index >= 15 is 0 Å². The third-order valence-electron chi connectivity index (χ3n) is 1.82. The van der Waals surface area contributed by atoms with Crippen molar-refractivity contribution in [1.82, 2.24) is 0 Å². The Bertz CT molecular complexity index is 101. The Morgan fingerprint density at radius 2 is 2.20 bits per heavy atom. The van der Waals surface area contributed by atoms with E-state index in [1.165, 1.54) is 6.42 Å². The zero-order valence-electron chi connectivity index (χ0n) is 6.89. The van der Waals surface area contributed by atoms with Crippen LogP contribution in [-0.4, -0.2) is 5.91 Å². The summed E-state index contributed by atoms with van der Waals surface area (Å²) in [6, 6.07) is 0. The monoisotopic (exact) mass is 143 g/mol. The van der Waals surface area contributed by atoms with Crippen LogP contribution in [0.3, 0.4) is 0 Å². The van der Waals surface area contributed by atoms with Crippen molar-refractivity contribution in [2.75, 3.05) is 0 Å². The highest BCUT2D eigenvalue weighted by molar-refractivity contribution is 5.73. The molecule has 0 saturated heterocycles. The molecule has 0 fully saturated rings. The molecule has 0 rings (SSSR count). The van der Waals surface area contributed by atoms with Crippen LogP contribution in [0.15, 0.2) is 0 Å². The van der Waals surface area contributed by atoms with Crippen LogP contribution in [0.1, 0.15) is 39.5 Å². The second-order valence-electron chi connectivity index (χ2n) is 2.87. The largest absolute Gasteiger partial charge is 0.370 e. The van der Waals surface area contributed by atoms with E-state index in [1.807, 2.05) is 0 Å². The summed E-state index contributed by atoms with van der Waals surface area (Å²) in [5, 5.41) is 0. The number of carbonyl (C=O) groups is 1. The van der Waals surface area contributed by atoms with Crippen LogP contribution in [0.5, 0.6) is 0 Å². The van der Waals surface area contributed by atoms with Gasteiger partial charge in [0.25, 0.3) is 0 Å². The van der Waals surface area contributed by atoms with Crippen LogP contribution in [0.25, 0.3) is 0 Å². The maximum absolute atomic E-state index is 10.3. The predicted molar refractivity (Wildman–Crippen MR) is 42.5 cm³/mol. The SMILES string of the molecule is CC[C@H](C)CCCC(N)=O.